The van der Waals surface area contributed by atoms with Crippen molar-refractivity contribution in [3.63, 3.8) is 0 Å². The lowest BCUT2D eigenvalue weighted by atomic mass is 9.72. The number of benzene rings is 1. The Hall–Kier alpha value is -2.69. The number of ether oxygens (including phenoxy) is 2. The maximum Gasteiger partial charge on any atom is 0.547 e. The van der Waals surface area contributed by atoms with Crippen LogP contribution in [0.4, 0.5) is 8.78 Å². The zero-order valence-corrected chi connectivity index (χ0v) is 17.2. The lowest BCUT2D eigenvalue weighted by Gasteiger charge is -2.29. The molecule has 2 N–H and O–H groups in total. The molecule has 0 unspecified atom stereocenters. The number of esters is 2. The highest BCUT2D eigenvalue weighted by atomic mass is 19.3. The molecule has 8 nitrogen and oxygen atoms in total. The highest BCUT2D eigenvalue weighted by molar-refractivity contribution is 6.47. The predicted octanol–water partition coefficient (Wildman–Crippen LogP) is 1.87. The van der Waals surface area contributed by atoms with Crippen molar-refractivity contribution in [3.8, 4) is 5.75 Å². The van der Waals surface area contributed by atoms with Crippen molar-refractivity contribution in [3.05, 3.63) is 29.3 Å². The van der Waals surface area contributed by atoms with Gasteiger partial charge < -0.3 is 24.5 Å². The highest BCUT2D eigenvalue weighted by Gasteiger charge is 2.39. The number of alkyl halides is 2. The Labute approximate surface area is 173 Å². The average Bonchev–Trinajstić information content (AvgIpc) is 2.59. The van der Waals surface area contributed by atoms with Crippen molar-refractivity contribution >= 4 is 25.0 Å². The number of carbonyl (C=O) groups is 3. The van der Waals surface area contributed by atoms with Crippen molar-refractivity contribution in [1.82, 2.24) is 5.32 Å². The number of hydrogen-bond donors (Lipinski definition) is 2. The summed E-state index contributed by atoms with van der Waals surface area (Å²) in [6.07, 6.45) is -0.972. The van der Waals surface area contributed by atoms with Gasteiger partial charge in [-0.1, -0.05) is 12.1 Å². The standard InChI is InChI=1S/C19H24BF2NO7/c1-18(2,3)17(26)29-10-28-16(25)12-7-5-6-11-8-13(20(27)30-15(11)12)23-14(24)9-19(4,21)22/h5-7,13,27H,8-10H2,1-4H3,(H,23,24)/t13-/m0/s1. The van der Waals surface area contributed by atoms with Crippen molar-refractivity contribution < 1.29 is 42.3 Å². The van der Waals surface area contributed by atoms with E-state index < -0.39 is 55.5 Å². The van der Waals surface area contributed by atoms with Crippen molar-refractivity contribution in [2.45, 2.75) is 52.4 Å². The zero-order chi connectivity index (χ0) is 22.7. The summed E-state index contributed by atoms with van der Waals surface area (Å²) >= 11 is 0. The summed E-state index contributed by atoms with van der Waals surface area (Å²) in [7, 11) is -1.56. The van der Waals surface area contributed by atoms with E-state index in [0.717, 1.165) is 0 Å². The van der Waals surface area contributed by atoms with E-state index in [0.29, 0.717) is 12.5 Å². The first-order valence-corrected chi connectivity index (χ1v) is 9.26. The maximum atomic E-state index is 13.0. The fourth-order valence-corrected chi connectivity index (χ4v) is 2.68. The summed E-state index contributed by atoms with van der Waals surface area (Å²) in [6.45, 7) is 4.97. The lowest BCUT2D eigenvalue weighted by molar-refractivity contribution is -0.161. The van der Waals surface area contributed by atoms with E-state index in [-0.39, 0.29) is 17.7 Å². The van der Waals surface area contributed by atoms with E-state index >= 15 is 0 Å². The van der Waals surface area contributed by atoms with E-state index in [2.05, 4.69) is 5.32 Å². The summed E-state index contributed by atoms with van der Waals surface area (Å²) in [5, 5.41) is 12.5. The van der Waals surface area contributed by atoms with E-state index in [1.165, 1.54) is 12.1 Å². The van der Waals surface area contributed by atoms with Crippen LogP contribution in [0.3, 0.4) is 0 Å². The van der Waals surface area contributed by atoms with Crippen molar-refractivity contribution in [1.29, 1.82) is 0 Å². The SMILES string of the molecule is CC(F)(F)CC(=O)N[C@H]1Cc2cccc(C(=O)OCOC(=O)C(C)(C)C)c2OB1O. The number of hydrogen-bond acceptors (Lipinski definition) is 7. The molecule has 0 spiro atoms. The molecule has 1 atom stereocenters. The summed E-state index contributed by atoms with van der Waals surface area (Å²) < 4.78 is 41.2. The van der Waals surface area contributed by atoms with Gasteiger partial charge in [0.25, 0.3) is 5.92 Å². The Kier molecular flexibility index (Phi) is 7.07. The Morgan fingerprint density at radius 1 is 1.23 bits per heavy atom. The third kappa shape index (κ3) is 6.41. The van der Waals surface area contributed by atoms with Gasteiger partial charge in [-0.2, -0.15) is 0 Å². The second-order valence-corrected chi connectivity index (χ2v) is 8.16. The van der Waals surface area contributed by atoms with E-state index in [4.69, 9.17) is 14.1 Å². The molecule has 11 heteroatoms. The molecule has 0 bridgehead atoms. The molecule has 0 aromatic heterocycles. The van der Waals surface area contributed by atoms with Gasteiger partial charge in [-0.3, -0.25) is 9.59 Å². The van der Waals surface area contributed by atoms with Gasteiger partial charge in [-0.15, -0.1) is 0 Å². The second-order valence-electron chi connectivity index (χ2n) is 8.16. The van der Waals surface area contributed by atoms with Gasteiger partial charge in [0.05, 0.1) is 17.8 Å². The van der Waals surface area contributed by atoms with Crippen LogP contribution >= 0.6 is 0 Å². The number of amides is 1. The minimum Gasteiger partial charge on any atom is -0.534 e. The third-order valence-corrected chi connectivity index (χ3v) is 4.15. The Morgan fingerprint density at radius 3 is 2.50 bits per heavy atom. The first kappa shape index (κ1) is 23.6. The number of fused-ring (bicyclic) bond motifs is 1. The molecule has 30 heavy (non-hydrogen) atoms. The van der Waals surface area contributed by atoms with E-state index in [1.54, 1.807) is 26.8 Å². The molecule has 0 aliphatic carbocycles. The Bertz CT molecular complexity index is 820. The number of rotatable bonds is 6. The topological polar surface area (TPSA) is 111 Å². The lowest BCUT2D eigenvalue weighted by Crippen LogP contribution is -2.53. The van der Waals surface area contributed by atoms with Crippen LogP contribution in [0.15, 0.2) is 18.2 Å². The van der Waals surface area contributed by atoms with Crippen LogP contribution in [-0.4, -0.2) is 48.6 Å². The minimum absolute atomic E-state index is 0.0109. The highest BCUT2D eigenvalue weighted by Crippen LogP contribution is 2.31. The fraction of sp³-hybridized carbons (Fsp3) is 0.526. The van der Waals surface area contributed by atoms with Crippen LogP contribution in [0.25, 0.3) is 0 Å². The van der Waals surface area contributed by atoms with Crippen molar-refractivity contribution in [2.24, 2.45) is 5.41 Å². The molecule has 1 aliphatic rings. The second kappa shape index (κ2) is 8.99. The largest absolute Gasteiger partial charge is 0.547 e. The Balaban J connectivity index is 2.04. The molecule has 1 aromatic rings. The maximum absolute atomic E-state index is 13.0. The molecule has 1 heterocycles. The smallest absolute Gasteiger partial charge is 0.534 e. The number of para-hydroxylation sites is 1. The number of carbonyl (C=O) groups excluding carboxylic acids is 3. The van der Waals surface area contributed by atoms with Crippen LogP contribution in [0.5, 0.6) is 5.75 Å². The Morgan fingerprint density at radius 2 is 1.90 bits per heavy atom. The molecule has 1 amide bonds. The quantitative estimate of drug-likeness (QED) is 0.405. The van der Waals surface area contributed by atoms with E-state index in [1.807, 2.05) is 0 Å². The van der Waals surface area contributed by atoms with Crippen LogP contribution in [0, 0.1) is 5.41 Å². The first-order valence-electron chi connectivity index (χ1n) is 9.26. The molecule has 0 fully saturated rings. The van der Waals surface area contributed by atoms with Gasteiger partial charge in [0, 0.05) is 0 Å². The molecular weight excluding hydrogens is 403 g/mol. The summed E-state index contributed by atoms with van der Waals surface area (Å²) in [5.41, 5.74) is -0.301. The molecule has 0 saturated heterocycles. The van der Waals surface area contributed by atoms with Gasteiger partial charge in [0.15, 0.2) is 0 Å². The summed E-state index contributed by atoms with van der Waals surface area (Å²) in [4.78, 5) is 35.8. The molecule has 2 rings (SSSR count). The van der Waals surface area contributed by atoms with E-state index in [9.17, 15) is 28.2 Å². The van der Waals surface area contributed by atoms with Gasteiger partial charge in [-0.25, -0.2) is 13.6 Å². The van der Waals surface area contributed by atoms with Crippen molar-refractivity contribution in [2.75, 3.05) is 6.79 Å². The van der Waals surface area contributed by atoms with Gasteiger partial charge in [-0.05, 0) is 45.7 Å². The van der Waals surface area contributed by atoms with Gasteiger partial charge in [0.2, 0.25) is 12.7 Å². The summed E-state index contributed by atoms with van der Waals surface area (Å²) in [5.74, 6) is -6.43. The van der Waals surface area contributed by atoms with Crippen LogP contribution in [-0.2, 0) is 25.5 Å². The molecule has 1 aliphatic heterocycles. The predicted molar refractivity (Wildman–Crippen MR) is 102 cm³/mol. The number of nitrogens with one attached hydrogen (secondary N) is 1. The molecule has 0 radical (unpaired) electrons. The minimum atomic E-state index is -3.18. The summed E-state index contributed by atoms with van der Waals surface area (Å²) in [6, 6.07) is 4.54. The van der Waals surface area contributed by atoms with Gasteiger partial charge in [0.1, 0.15) is 11.3 Å². The normalized spacial score (nSPS) is 16.2. The van der Waals surface area contributed by atoms with Crippen LogP contribution in [0.2, 0.25) is 0 Å². The monoisotopic (exact) mass is 427 g/mol. The first-order chi connectivity index (χ1) is 13.8. The average molecular weight is 427 g/mol. The van der Waals surface area contributed by atoms with Crippen LogP contribution < -0.4 is 9.97 Å². The zero-order valence-electron chi connectivity index (χ0n) is 17.2. The fourth-order valence-electron chi connectivity index (χ4n) is 2.68. The third-order valence-electron chi connectivity index (χ3n) is 4.15. The molecular formula is C19H24BF2NO7. The molecule has 164 valence electrons. The molecule has 0 saturated carbocycles. The number of halogens is 2. The van der Waals surface area contributed by atoms with Gasteiger partial charge >= 0.3 is 19.1 Å². The van der Waals surface area contributed by atoms with Crippen LogP contribution in [0.1, 0.15) is 50.0 Å². The molecule has 1 aromatic carbocycles.